The Bertz CT molecular complexity index is 2610. The zero-order valence-electron chi connectivity index (χ0n) is 79.8. The predicted octanol–water partition coefficient (Wildman–Crippen LogP) is 27.2. The average molecular weight is 8000 g/mol. The fraction of sp³-hybridized carbons (Fsp3) is 0.838. The van der Waals surface area contributed by atoms with Crippen LogP contribution in [0.1, 0.15) is 258 Å². The van der Waals surface area contributed by atoms with Gasteiger partial charge in [-0.3, -0.25) is 5.92 Å². The number of rotatable bonds is 9. The number of alkyl halides is 26. The van der Waals surface area contributed by atoms with Gasteiger partial charge in [-0.1, -0.05) is 240 Å². The zero-order valence-corrected chi connectivity index (χ0v) is 233. The molecule has 684 valence electrons. The van der Waals surface area contributed by atoms with Crippen LogP contribution in [0.5, 0.6) is 0 Å². The topological polar surface area (TPSA) is 121 Å². The Morgan fingerprint density at radius 3 is 0.923 bits per heavy atom. The van der Waals surface area contributed by atoms with Crippen LogP contribution in [0.3, 0.4) is 0 Å². The van der Waals surface area contributed by atoms with Gasteiger partial charge in [0.05, 0.1) is 5.67 Å². The molecule has 0 aromatic heterocycles. The minimum atomic E-state index is -5.34. The largest absolute Gasteiger partial charge is 0.557 e. The first kappa shape index (κ1) is 172. The molecule has 130 heavy (non-hydrogen) atoms. The zero-order chi connectivity index (χ0) is 83.4. The van der Waals surface area contributed by atoms with Gasteiger partial charge >= 0.3 is 12.4 Å². The maximum Gasteiger partial charge on any atom is 0.389 e. The van der Waals surface area contributed by atoms with Crippen LogP contribution in [0, 0.1) is 148 Å². The van der Waals surface area contributed by atoms with Gasteiger partial charge in [-0.25, -0.2) is 83.4 Å². The van der Waals surface area contributed by atoms with Crippen LogP contribution in [-0.4, -0.2) is 91.4 Å². The standard InChI is InChI=1S/2C11H12F6O.2C10H12F4O.2C10H13F3O.6C2H6.24Rf/c1-8-3-2-6(4-8)9(5-8,11(15,16)17)7(18)10(12,13)14;12-10(13,14)8(18)5-9(11(15,16)17)4-6-1-2-7(9)3-6;1-8-3-2-6(4-8)9(11,5-8)7(15)10(12,13)14;11-9(5-8(15)10(12,13)14)4-6-1-2-7(9)3-6;1-9-3-2-6(4-9)7(5-9)8(14)10(11,12)13;11-10(12,13)9(14)5-8-4-6-1-2-7(8)3-6;6*1-2;;;;;;;;;;;;;;;;;;;;;;;;/h18H,2-5H2,1H3;3,6-7,18H,1-2,4-5H2;15H,2-5H2,1H3;3,6-7,15H,1-2,4-5H2;7,14H,2-5H2,1H3;3,6-8,14H,1-2,4-5H2;6*1-2H3;;;;;;;;;;;;;;;;;;;;;;;;/q6*-2;;;;;;;;;;;;;;;;;;;;;;;;;;;;;;. The average Bonchev–Trinajstić information content (AvgIpc) is 1.54. The molecule has 15 atom stereocenters. The van der Waals surface area contributed by atoms with Crippen LogP contribution >= 0.6 is 0 Å². The molecule has 6 nitrogen and oxygen atoms in total. The normalized spacial score (nSPS) is 28.2. The van der Waals surface area contributed by atoms with Crippen molar-refractivity contribution in [2.45, 2.75) is 319 Å². The van der Waals surface area contributed by atoms with Crippen molar-refractivity contribution in [2.24, 2.45) is 74.4 Å². The molecule has 0 aromatic rings. The van der Waals surface area contributed by atoms with Crippen molar-refractivity contribution in [2.75, 3.05) is 0 Å². The molecule has 12 bridgehead atoms. The molecular formula is C74H110F26O6Rf24-12. The first-order valence-corrected chi connectivity index (χ1v) is 36.6. The van der Waals surface area contributed by atoms with E-state index in [1.807, 2.05) is 90.0 Å². The SMILES string of the molecule is CC.CC.CC.CC.CC.CC.CC12CC[C-](C1)C(F)([C-](O)C(F)(F)F)C2.CC12CC[C-](C1)C([C-](O)C(F)(F)F)(C(F)(F)F)C2.CC12CC[C-](C1)C([C-](O)C(F)(F)F)C2.O[C-](CC1(C(F)(F)F)CC2[CH-]C1CC2)C(F)(F)F.O[C-](CC1(F)CC2[CH-]C1CC2)C(F)(F)F.O[C-](CC1CC2[CH-]C1CC2)C(F)(F)F.[Rf].[Rf].[Rf].[Rf].[Rf].[Rf].[Rf].[Rf].[Rf].[Rf].[Rf].[Rf].[Rf].[Rf].[Rf].[Rf].[Rf].[Rf].[Rf].[Rf].[Rf].[Rf].[Rf].[Rf]. The molecule has 15 unspecified atom stereocenters. The van der Waals surface area contributed by atoms with Gasteiger partial charge in [0.15, 0.2) is 0 Å². The summed E-state index contributed by atoms with van der Waals surface area (Å²) in [6, 6.07) is 0. The van der Waals surface area contributed by atoms with Gasteiger partial charge < -0.3 is 72.0 Å². The molecule has 0 aromatic carbocycles. The van der Waals surface area contributed by atoms with Gasteiger partial charge in [-0.15, -0.1) is 43.1 Å². The second-order valence-corrected chi connectivity index (χ2v) is 29.2. The molecule has 12 fully saturated rings. The number of aliphatic hydroxyl groups is 6. The monoisotopic (exact) mass is 8000 g/mol. The Labute approximate surface area is 609 Å². The molecule has 0 heterocycles. The Hall–Kier alpha value is -26.1. The molecule has 6 N–H and O–H groups in total. The molecular weight excluding hydrogens is 7890 g/mol. The van der Waals surface area contributed by atoms with Gasteiger partial charge in [0, 0.05) is 5.41 Å². The minimum absolute atomic E-state index is 0. The molecule has 0 spiro atoms. The van der Waals surface area contributed by atoms with Crippen molar-refractivity contribution in [3.8, 4) is 0 Å². The van der Waals surface area contributed by atoms with Gasteiger partial charge in [-0.05, 0) is 6.42 Å². The number of hydrogen-bond acceptors (Lipinski definition) is 6. The third-order valence-electron chi connectivity index (χ3n) is 22.0. The van der Waals surface area contributed by atoms with Gasteiger partial charge in [0.2, 0.25) is 0 Å². The Morgan fingerprint density at radius 2 is 0.685 bits per heavy atom. The summed E-state index contributed by atoms with van der Waals surface area (Å²) in [6.45, 7) is 29.3. The number of fused-ring (bicyclic) bond motifs is 12. The summed E-state index contributed by atoms with van der Waals surface area (Å²) in [6.07, 6.45) is -37.8. The maximum absolute atomic E-state index is 14.1. The Balaban J connectivity index is -0.0000000445. The predicted molar refractivity (Wildman–Crippen MR) is 346 cm³/mol. The number of aliphatic hydroxyl groups excluding tert-OH is 6. The molecule has 56 heteroatoms. The molecule has 0 radical (unpaired) electrons. The summed E-state index contributed by atoms with van der Waals surface area (Å²) in [4.78, 5) is 0. The molecule has 12 saturated carbocycles. The molecule has 0 amide bonds. The first-order valence-electron chi connectivity index (χ1n) is 36.6. The quantitative estimate of drug-likeness (QED) is 0.101. The van der Waals surface area contributed by atoms with Crippen molar-refractivity contribution in [1.82, 2.24) is 0 Å². The van der Waals surface area contributed by atoms with Crippen molar-refractivity contribution < 1.29 is 145 Å². The molecule has 12 aliphatic carbocycles. The van der Waals surface area contributed by atoms with Crippen LogP contribution in [0.15, 0.2) is 0 Å². The fourth-order valence-corrected chi connectivity index (χ4v) is 17.5. The molecule has 12 rings (SSSR count). The van der Waals surface area contributed by atoms with E-state index in [0.717, 1.165) is 57.3 Å². The first-order chi connectivity index (χ1) is 48.3. The third-order valence-corrected chi connectivity index (χ3v) is 22.0. The summed E-state index contributed by atoms with van der Waals surface area (Å²) in [7, 11) is 0. The minimum Gasteiger partial charge on any atom is -0.557 e. The van der Waals surface area contributed by atoms with Crippen LogP contribution in [0.25, 0.3) is 0 Å². The van der Waals surface area contributed by atoms with Crippen LogP contribution in [-0.2, 0) is 0 Å². The van der Waals surface area contributed by atoms with E-state index in [2.05, 4.69) is 6.42 Å². The van der Waals surface area contributed by atoms with Crippen LogP contribution < -0.4 is 0 Å². The maximum atomic E-state index is 14.1. The summed E-state index contributed by atoms with van der Waals surface area (Å²) in [5.74, 6) is -0.508. The molecule has 12 aliphatic rings. The summed E-state index contributed by atoms with van der Waals surface area (Å²) in [5.41, 5.74) is -11.3. The van der Waals surface area contributed by atoms with Crippen molar-refractivity contribution in [3.05, 3.63) is 73.6 Å². The Kier molecular flexibility index (Phi) is 70.4. The third kappa shape index (κ3) is 31.7. The van der Waals surface area contributed by atoms with Gasteiger partial charge in [0.1, 0.15) is 0 Å². The van der Waals surface area contributed by atoms with E-state index < -0.39 is 156 Å². The fourth-order valence-electron chi connectivity index (χ4n) is 17.5. The molecule has 0 saturated heterocycles. The van der Waals surface area contributed by atoms with E-state index in [4.69, 9.17) is 30.6 Å². The number of hydrogen-bond donors (Lipinski definition) is 6. The van der Waals surface area contributed by atoms with Crippen LogP contribution in [0.2, 0.25) is 0 Å². The van der Waals surface area contributed by atoms with Crippen molar-refractivity contribution in [1.29, 1.82) is 0 Å². The van der Waals surface area contributed by atoms with E-state index in [0.29, 0.717) is 50.4 Å². The summed E-state index contributed by atoms with van der Waals surface area (Å²) >= 11 is 0. The summed E-state index contributed by atoms with van der Waals surface area (Å²) in [5, 5.41) is 53.7. The van der Waals surface area contributed by atoms with E-state index in [1.165, 1.54) is 13.3 Å². The summed E-state index contributed by atoms with van der Waals surface area (Å²) < 4.78 is 327. The van der Waals surface area contributed by atoms with Crippen molar-refractivity contribution in [3.63, 3.8) is 0 Å². The Morgan fingerprint density at radius 1 is 0.338 bits per heavy atom. The van der Waals surface area contributed by atoms with Gasteiger partial charge in [0.25, 0.3) is 37.1 Å². The van der Waals surface area contributed by atoms with Crippen LogP contribution in [0.4, 0.5) is 114 Å². The second kappa shape index (κ2) is 53.1. The van der Waals surface area contributed by atoms with Gasteiger partial charge in [-0.2, -0.15) is 99.9 Å². The number of halogens is 26. The second-order valence-electron chi connectivity index (χ2n) is 29.2. The van der Waals surface area contributed by atoms with E-state index in [1.54, 1.807) is 13.3 Å². The van der Waals surface area contributed by atoms with E-state index in [9.17, 15) is 114 Å². The van der Waals surface area contributed by atoms with Crippen molar-refractivity contribution >= 4 is 0 Å². The molecule has 0 aliphatic heterocycles. The van der Waals surface area contributed by atoms with E-state index in [-0.39, 0.29) is 80.0 Å². The van der Waals surface area contributed by atoms with E-state index >= 15 is 0 Å². The smallest absolute Gasteiger partial charge is 0.389 e.